The minimum absolute atomic E-state index is 0.108. The predicted octanol–water partition coefficient (Wildman–Crippen LogP) is 0.962. The highest BCUT2D eigenvalue weighted by Gasteiger charge is 1.99. The van der Waals surface area contributed by atoms with Crippen molar-refractivity contribution < 1.29 is 5.11 Å². The van der Waals surface area contributed by atoms with E-state index in [4.69, 9.17) is 5.11 Å². The molecule has 2 heteroatoms. The largest absolute Gasteiger partial charge is 0.381 e. The van der Waals surface area contributed by atoms with E-state index in [0.29, 0.717) is 0 Å². The lowest BCUT2D eigenvalue weighted by molar-refractivity contribution is 0.247. The molecule has 0 saturated carbocycles. The Morgan fingerprint density at radius 2 is 1.89 bits per heavy atom. The Balaban J connectivity index is 3.09. The zero-order valence-electron chi connectivity index (χ0n) is 6.35. The van der Waals surface area contributed by atoms with Gasteiger partial charge in [-0.25, -0.2) is 0 Å². The molecule has 9 heavy (non-hydrogen) atoms. The molecule has 0 heterocycles. The van der Waals surface area contributed by atoms with Gasteiger partial charge in [-0.2, -0.15) is 0 Å². The molecule has 0 unspecified atom stereocenters. The smallest absolute Gasteiger partial charge is 0.0931 e. The van der Waals surface area contributed by atoms with Gasteiger partial charge in [0, 0.05) is 6.54 Å². The third kappa shape index (κ3) is 4.43. The number of aliphatic hydroxyl groups is 1. The van der Waals surface area contributed by atoms with Crippen LogP contribution < -0.4 is 5.32 Å². The van der Waals surface area contributed by atoms with Gasteiger partial charge in [0.05, 0.1) is 6.73 Å². The molecule has 0 spiro atoms. The van der Waals surface area contributed by atoms with Crippen LogP contribution in [0.4, 0.5) is 0 Å². The molecule has 0 atom stereocenters. The Labute approximate surface area is 57.3 Å². The molecule has 0 aromatic heterocycles. The lowest BCUT2D eigenvalue weighted by atomic mass is 10.0. The summed E-state index contributed by atoms with van der Waals surface area (Å²) in [6, 6.07) is 0. The van der Waals surface area contributed by atoms with Gasteiger partial charge in [0.15, 0.2) is 0 Å². The topological polar surface area (TPSA) is 32.3 Å². The first kappa shape index (κ1) is 8.92. The van der Waals surface area contributed by atoms with Crippen LogP contribution in [0.5, 0.6) is 0 Å². The Morgan fingerprint density at radius 3 is 2.22 bits per heavy atom. The van der Waals surface area contributed by atoms with Crippen LogP contribution in [0.15, 0.2) is 0 Å². The van der Waals surface area contributed by atoms with Gasteiger partial charge in [-0.1, -0.05) is 26.7 Å². The van der Waals surface area contributed by atoms with E-state index in [1.807, 2.05) is 0 Å². The standard InChI is InChI=1S/C7H17NO/c1-3-7(4-2)5-8-6-9/h7-9H,3-6H2,1-2H3. The maximum atomic E-state index is 8.40. The summed E-state index contributed by atoms with van der Waals surface area (Å²) in [5.74, 6) is 0.733. The molecule has 2 N–H and O–H groups in total. The van der Waals surface area contributed by atoms with Crippen molar-refractivity contribution in [2.45, 2.75) is 26.7 Å². The summed E-state index contributed by atoms with van der Waals surface area (Å²) in [5.41, 5.74) is 0. The van der Waals surface area contributed by atoms with E-state index >= 15 is 0 Å². The minimum Gasteiger partial charge on any atom is -0.381 e. The average Bonchev–Trinajstić information content (AvgIpc) is 1.91. The van der Waals surface area contributed by atoms with E-state index in [9.17, 15) is 0 Å². The van der Waals surface area contributed by atoms with Crippen molar-refractivity contribution in [3.05, 3.63) is 0 Å². The van der Waals surface area contributed by atoms with Gasteiger partial charge in [-0.05, 0) is 5.92 Å². The molecule has 0 fully saturated rings. The molecule has 0 aliphatic rings. The molecule has 0 radical (unpaired) electrons. The van der Waals surface area contributed by atoms with Gasteiger partial charge in [-0.15, -0.1) is 0 Å². The highest BCUT2D eigenvalue weighted by atomic mass is 16.3. The van der Waals surface area contributed by atoms with Crippen molar-refractivity contribution in [3.8, 4) is 0 Å². The first-order chi connectivity index (χ1) is 4.35. The molecular formula is C7H17NO. The van der Waals surface area contributed by atoms with Crippen molar-refractivity contribution >= 4 is 0 Å². The summed E-state index contributed by atoms with van der Waals surface area (Å²) in [7, 11) is 0. The van der Waals surface area contributed by atoms with Gasteiger partial charge in [0.25, 0.3) is 0 Å². The van der Waals surface area contributed by atoms with E-state index in [0.717, 1.165) is 12.5 Å². The van der Waals surface area contributed by atoms with E-state index in [1.54, 1.807) is 0 Å². The van der Waals surface area contributed by atoms with E-state index in [-0.39, 0.29) is 6.73 Å². The normalized spacial score (nSPS) is 10.7. The second-order valence-electron chi connectivity index (χ2n) is 2.29. The van der Waals surface area contributed by atoms with Crippen LogP contribution in [-0.4, -0.2) is 18.4 Å². The van der Waals surface area contributed by atoms with Crippen LogP contribution in [0.3, 0.4) is 0 Å². The number of rotatable bonds is 5. The molecule has 0 bridgehead atoms. The maximum absolute atomic E-state index is 8.40. The molecule has 0 amide bonds. The summed E-state index contributed by atoms with van der Waals surface area (Å²) >= 11 is 0. The maximum Gasteiger partial charge on any atom is 0.0931 e. The molecule has 0 aliphatic heterocycles. The Kier molecular flexibility index (Phi) is 5.99. The number of hydrogen-bond acceptors (Lipinski definition) is 2. The zero-order valence-corrected chi connectivity index (χ0v) is 6.35. The highest BCUT2D eigenvalue weighted by molar-refractivity contribution is 4.55. The summed E-state index contributed by atoms with van der Waals surface area (Å²) in [6.07, 6.45) is 2.40. The number of nitrogens with one attached hydrogen (secondary N) is 1. The minimum atomic E-state index is 0.108. The van der Waals surface area contributed by atoms with E-state index in [1.165, 1.54) is 12.8 Å². The Hall–Kier alpha value is -0.0800. The summed E-state index contributed by atoms with van der Waals surface area (Å²) < 4.78 is 0. The van der Waals surface area contributed by atoms with Gasteiger partial charge < -0.3 is 5.11 Å². The zero-order chi connectivity index (χ0) is 7.11. The molecule has 0 saturated heterocycles. The van der Waals surface area contributed by atoms with Crippen molar-refractivity contribution in [1.29, 1.82) is 0 Å². The average molecular weight is 131 g/mol. The van der Waals surface area contributed by atoms with Crippen LogP contribution in [0.25, 0.3) is 0 Å². The number of aliphatic hydroxyl groups excluding tert-OH is 1. The molecule has 2 nitrogen and oxygen atoms in total. The van der Waals surface area contributed by atoms with Gasteiger partial charge >= 0.3 is 0 Å². The van der Waals surface area contributed by atoms with Crippen LogP contribution >= 0.6 is 0 Å². The van der Waals surface area contributed by atoms with E-state index < -0.39 is 0 Å². The fourth-order valence-electron chi connectivity index (χ4n) is 0.846. The molecule has 0 aliphatic carbocycles. The SMILES string of the molecule is CCC(CC)CNCO. The van der Waals surface area contributed by atoms with Crippen molar-refractivity contribution in [3.63, 3.8) is 0 Å². The highest BCUT2D eigenvalue weighted by Crippen LogP contribution is 2.04. The summed E-state index contributed by atoms with van der Waals surface area (Å²) in [4.78, 5) is 0. The van der Waals surface area contributed by atoms with Gasteiger partial charge in [0.1, 0.15) is 0 Å². The lowest BCUT2D eigenvalue weighted by Crippen LogP contribution is -2.22. The molecule has 0 aromatic carbocycles. The molecular weight excluding hydrogens is 114 g/mol. The fraction of sp³-hybridized carbons (Fsp3) is 1.00. The van der Waals surface area contributed by atoms with Crippen molar-refractivity contribution in [1.82, 2.24) is 5.32 Å². The van der Waals surface area contributed by atoms with E-state index in [2.05, 4.69) is 19.2 Å². The number of hydrogen-bond donors (Lipinski definition) is 2. The third-order valence-electron chi connectivity index (χ3n) is 1.70. The lowest BCUT2D eigenvalue weighted by Gasteiger charge is -2.10. The summed E-state index contributed by atoms with van der Waals surface area (Å²) in [6.45, 7) is 5.40. The second-order valence-corrected chi connectivity index (χ2v) is 2.29. The molecule has 56 valence electrons. The quantitative estimate of drug-likeness (QED) is 0.545. The monoisotopic (exact) mass is 131 g/mol. The summed E-state index contributed by atoms with van der Waals surface area (Å²) in [5, 5.41) is 11.3. The van der Waals surface area contributed by atoms with Crippen LogP contribution in [0.2, 0.25) is 0 Å². The molecule has 0 aromatic rings. The predicted molar refractivity (Wildman–Crippen MR) is 39.2 cm³/mol. The van der Waals surface area contributed by atoms with Crippen molar-refractivity contribution in [2.24, 2.45) is 5.92 Å². The van der Waals surface area contributed by atoms with Crippen LogP contribution in [-0.2, 0) is 0 Å². The third-order valence-corrected chi connectivity index (χ3v) is 1.70. The first-order valence-electron chi connectivity index (χ1n) is 3.66. The second kappa shape index (κ2) is 6.05. The Bertz CT molecular complexity index is 52.9. The molecule has 0 rings (SSSR count). The first-order valence-corrected chi connectivity index (χ1v) is 3.66. The van der Waals surface area contributed by atoms with Gasteiger partial charge in [0.2, 0.25) is 0 Å². The van der Waals surface area contributed by atoms with Crippen LogP contribution in [0, 0.1) is 5.92 Å². The van der Waals surface area contributed by atoms with Crippen molar-refractivity contribution in [2.75, 3.05) is 13.3 Å². The Morgan fingerprint density at radius 1 is 1.33 bits per heavy atom. The van der Waals surface area contributed by atoms with Gasteiger partial charge in [-0.3, -0.25) is 5.32 Å². The van der Waals surface area contributed by atoms with Crippen LogP contribution in [0.1, 0.15) is 26.7 Å². The fourth-order valence-corrected chi connectivity index (χ4v) is 0.846.